The number of phenols is 1. The molecule has 1 aliphatic rings. The van der Waals surface area contributed by atoms with Crippen LogP contribution in [0, 0.1) is 0 Å². The monoisotopic (exact) mass is 250 g/mol. The van der Waals surface area contributed by atoms with Crippen molar-refractivity contribution in [2.45, 2.75) is 19.3 Å². The van der Waals surface area contributed by atoms with Crippen LogP contribution in [0.5, 0.6) is 11.5 Å². The molecule has 0 spiro atoms. The highest BCUT2D eigenvalue weighted by Crippen LogP contribution is 2.22. The third-order valence-corrected chi connectivity index (χ3v) is 3.06. The number of carbonyl (C=O) groups is 1. The second kappa shape index (κ2) is 5.73. The average molecular weight is 250 g/mol. The maximum atomic E-state index is 12.0. The molecule has 5 heteroatoms. The Morgan fingerprint density at radius 1 is 1.33 bits per heavy atom. The highest BCUT2D eigenvalue weighted by atomic mass is 16.5. The van der Waals surface area contributed by atoms with Crippen LogP contribution in [-0.2, 0) is 0 Å². The molecule has 98 valence electrons. The standard InChI is InChI=1S/C13H18N2O3/c1-18-10-5-6-12(16)11(9-10)13(17)14-15-7-3-2-4-8-15/h5-6,9,16H,2-4,7-8H2,1H3,(H,14,17). The maximum absolute atomic E-state index is 12.0. The van der Waals surface area contributed by atoms with Crippen molar-refractivity contribution in [3.8, 4) is 11.5 Å². The average Bonchev–Trinajstić information content (AvgIpc) is 2.40. The van der Waals surface area contributed by atoms with E-state index in [1.165, 1.54) is 25.7 Å². The van der Waals surface area contributed by atoms with Gasteiger partial charge < -0.3 is 9.84 Å². The number of methoxy groups -OCH3 is 1. The van der Waals surface area contributed by atoms with E-state index >= 15 is 0 Å². The fraction of sp³-hybridized carbons (Fsp3) is 0.462. The van der Waals surface area contributed by atoms with Crippen molar-refractivity contribution in [3.05, 3.63) is 23.8 Å². The van der Waals surface area contributed by atoms with Gasteiger partial charge in [-0.05, 0) is 31.0 Å². The van der Waals surface area contributed by atoms with Gasteiger partial charge in [0.05, 0.1) is 12.7 Å². The zero-order valence-corrected chi connectivity index (χ0v) is 10.5. The number of carbonyl (C=O) groups excluding carboxylic acids is 1. The summed E-state index contributed by atoms with van der Waals surface area (Å²) in [6, 6.07) is 4.62. The number of nitrogens with zero attached hydrogens (tertiary/aromatic N) is 1. The molecule has 1 amide bonds. The van der Waals surface area contributed by atoms with Gasteiger partial charge in [0.1, 0.15) is 11.5 Å². The quantitative estimate of drug-likeness (QED) is 0.854. The van der Waals surface area contributed by atoms with Crippen LogP contribution in [0.3, 0.4) is 0 Å². The number of phenolic OH excluding ortho intramolecular Hbond substituents is 1. The van der Waals surface area contributed by atoms with Gasteiger partial charge in [-0.3, -0.25) is 10.2 Å². The second-order valence-corrected chi connectivity index (χ2v) is 4.37. The Morgan fingerprint density at radius 2 is 2.06 bits per heavy atom. The minimum Gasteiger partial charge on any atom is -0.507 e. The molecule has 0 aliphatic carbocycles. The highest BCUT2D eigenvalue weighted by molar-refractivity contribution is 5.96. The summed E-state index contributed by atoms with van der Waals surface area (Å²) in [6.45, 7) is 1.72. The van der Waals surface area contributed by atoms with Crippen molar-refractivity contribution in [2.75, 3.05) is 20.2 Å². The molecule has 1 heterocycles. The van der Waals surface area contributed by atoms with Crippen LogP contribution in [0.1, 0.15) is 29.6 Å². The number of nitrogens with one attached hydrogen (secondary N) is 1. The second-order valence-electron chi connectivity index (χ2n) is 4.37. The van der Waals surface area contributed by atoms with E-state index in [9.17, 15) is 9.90 Å². The first-order valence-corrected chi connectivity index (χ1v) is 6.13. The van der Waals surface area contributed by atoms with Crippen LogP contribution in [-0.4, -0.2) is 36.2 Å². The topological polar surface area (TPSA) is 61.8 Å². The van der Waals surface area contributed by atoms with Crippen molar-refractivity contribution in [1.82, 2.24) is 10.4 Å². The molecule has 1 aliphatic heterocycles. The molecule has 1 aromatic rings. The number of hydrogen-bond donors (Lipinski definition) is 2. The van der Waals surface area contributed by atoms with E-state index in [2.05, 4.69) is 5.43 Å². The molecular weight excluding hydrogens is 232 g/mol. The van der Waals surface area contributed by atoms with Crippen LogP contribution in [0.15, 0.2) is 18.2 Å². The summed E-state index contributed by atoms with van der Waals surface area (Å²) in [6.07, 6.45) is 3.38. The minimum absolute atomic E-state index is 0.0368. The Bertz CT molecular complexity index is 428. The summed E-state index contributed by atoms with van der Waals surface area (Å²) in [7, 11) is 1.53. The minimum atomic E-state index is -0.298. The van der Waals surface area contributed by atoms with Crippen LogP contribution in [0.4, 0.5) is 0 Å². The van der Waals surface area contributed by atoms with Gasteiger partial charge in [0.2, 0.25) is 0 Å². The summed E-state index contributed by atoms with van der Waals surface area (Å²) >= 11 is 0. The Kier molecular flexibility index (Phi) is 4.04. The summed E-state index contributed by atoms with van der Waals surface area (Å²) in [4.78, 5) is 12.0. The Balaban J connectivity index is 2.07. The molecule has 0 unspecified atom stereocenters. The number of ether oxygens (including phenoxy) is 1. The molecule has 2 rings (SSSR count). The summed E-state index contributed by atoms with van der Waals surface area (Å²) in [5.41, 5.74) is 3.04. The molecule has 2 N–H and O–H groups in total. The van der Waals surface area contributed by atoms with E-state index in [0.29, 0.717) is 5.75 Å². The van der Waals surface area contributed by atoms with Gasteiger partial charge in [0.25, 0.3) is 5.91 Å². The van der Waals surface area contributed by atoms with Gasteiger partial charge in [-0.2, -0.15) is 0 Å². The Hall–Kier alpha value is -1.75. The van der Waals surface area contributed by atoms with E-state index in [-0.39, 0.29) is 17.2 Å². The van der Waals surface area contributed by atoms with Crippen LogP contribution in [0.25, 0.3) is 0 Å². The number of hydrazine groups is 1. The molecule has 0 aromatic heterocycles. The lowest BCUT2D eigenvalue weighted by Crippen LogP contribution is -2.45. The van der Waals surface area contributed by atoms with Gasteiger partial charge in [0.15, 0.2) is 0 Å². The molecule has 1 aromatic carbocycles. The SMILES string of the molecule is COc1ccc(O)c(C(=O)NN2CCCCC2)c1. The first-order valence-electron chi connectivity index (χ1n) is 6.13. The smallest absolute Gasteiger partial charge is 0.269 e. The van der Waals surface area contributed by atoms with Crippen LogP contribution in [0.2, 0.25) is 0 Å². The van der Waals surface area contributed by atoms with Gasteiger partial charge in [-0.1, -0.05) is 6.42 Å². The fourth-order valence-corrected chi connectivity index (χ4v) is 2.03. The number of rotatable bonds is 3. The zero-order valence-electron chi connectivity index (χ0n) is 10.5. The largest absolute Gasteiger partial charge is 0.507 e. The molecule has 0 saturated carbocycles. The van der Waals surface area contributed by atoms with E-state index in [0.717, 1.165) is 25.9 Å². The lowest BCUT2D eigenvalue weighted by Gasteiger charge is -2.26. The number of aromatic hydroxyl groups is 1. The Morgan fingerprint density at radius 3 is 2.72 bits per heavy atom. The van der Waals surface area contributed by atoms with Crippen molar-refractivity contribution in [1.29, 1.82) is 0 Å². The molecule has 5 nitrogen and oxygen atoms in total. The lowest BCUT2D eigenvalue weighted by atomic mass is 10.1. The molecular formula is C13H18N2O3. The molecule has 0 bridgehead atoms. The normalized spacial score (nSPS) is 16.3. The lowest BCUT2D eigenvalue weighted by molar-refractivity contribution is 0.0747. The van der Waals surface area contributed by atoms with E-state index < -0.39 is 0 Å². The van der Waals surface area contributed by atoms with E-state index in [1.54, 1.807) is 6.07 Å². The predicted octanol–water partition coefficient (Wildman–Crippen LogP) is 1.53. The zero-order chi connectivity index (χ0) is 13.0. The maximum Gasteiger partial charge on any atom is 0.269 e. The fourth-order valence-electron chi connectivity index (χ4n) is 2.03. The number of benzene rings is 1. The molecule has 1 saturated heterocycles. The van der Waals surface area contributed by atoms with Crippen molar-refractivity contribution in [2.24, 2.45) is 0 Å². The van der Waals surface area contributed by atoms with E-state index in [1.807, 2.05) is 5.01 Å². The van der Waals surface area contributed by atoms with Crippen molar-refractivity contribution < 1.29 is 14.6 Å². The Labute approximate surface area is 106 Å². The molecule has 0 atom stereocenters. The van der Waals surface area contributed by atoms with Gasteiger partial charge >= 0.3 is 0 Å². The van der Waals surface area contributed by atoms with Gasteiger partial charge in [0, 0.05) is 13.1 Å². The van der Waals surface area contributed by atoms with Crippen LogP contribution >= 0.6 is 0 Å². The van der Waals surface area contributed by atoms with E-state index in [4.69, 9.17) is 4.74 Å². The third-order valence-electron chi connectivity index (χ3n) is 3.06. The van der Waals surface area contributed by atoms with Crippen molar-refractivity contribution >= 4 is 5.91 Å². The summed E-state index contributed by atoms with van der Waals surface area (Å²) < 4.78 is 5.05. The number of hydrogen-bond acceptors (Lipinski definition) is 4. The molecule has 0 radical (unpaired) electrons. The van der Waals surface area contributed by atoms with Gasteiger partial charge in [-0.15, -0.1) is 0 Å². The van der Waals surface area contributed by atoms with Crippen LogP contribution < -0.4 is 10.2 Å². The molecule has 18 heavy (non-hydrogen) atoms. The first kappa shape index (κ1) is 12.7. The third kappa shape index (κ3) is 2.92. The summed E-state index contributed by atoms with van der Waals surface area (Å²) in [5, 5.41) is 11.6. The number of amides is 1. The molecule has 1 fully saturated rings. The number of piperidine rings is 1. The van der Waals surface area contributed by atoms with Crippen molar-refractivity contribution in [3.63, 3.8) is 0 Å². The highest BCUT2D eigenvalue weighted by Gasteiger charge is 2.17. The predicted molar refractivity (Wildman–Crippen MR) is 67.5 cm³/mol. The summed E-state index contributed by atoms with van der Waals surface area (Å²) in [5.74, 6) is 0.218. The van der Waals surface area contributed by atoms with Gasteiger partial charge in [-0.25, -0.2) is 5.01 Å². The first-order chi connectivity index (χ1) is 8.70.